The molecule has 0 unspecified atom stereocenters. The van der Waals surface area contributed by atoms with Crippen LogP contribution < -0.4 is 15.4 Å². The van der Waals surface area contributed by atoms with Gasteiger partial charge in [0.15, 0.2) is 0 Å². The van der Waals surface area contributed by atoms with E-state index in [-0.39, 0.29) is 23.7 Å². The summed E-state index contributed by atoms with van der Waals surface area (Å²) in [5, 5.41) is 5.44. The van der Waals surface area contributed by atoms with Crippen LogP contribution in [0.5, 0.6) is 0 Å². The van der Waals surface area contributed by atoms with E-state index in [4.69, 9.17) is 0 Å². The number of carbonyl (C=O) groups is 1. The number of urea groups is 1. The van der Waals surface area contributed by atoms with Gasteiger partial charge in [0.05, 0.1) is 11.9 Å². The van der Waals surface area contributed by atoms with Crippen LogP contribution in [0.3, 0.4) is 0 Å². The van der Waals surface area contributed by atoms with Gasteiger partial charge in [0.2, 0.25) is 10.0 Å². The third-order valence-corrected chi connectivity index (χ3v) is 4.94. The van der Waals surface area contributed by atoms with E-state index in [0.717, 1.165) is 11.8 Å². The molecule has 158 valence electrons. The number of rotatable bonds is 6. The SMILES string of the molecule is Cc1cc(CNC(=O)NCc2ccc(C(C)(C)C)cc2)cc(F)c1NS(C)(=O)=O. The molecule has 2 rings (SSSR count). The summed E-state index contributed by atoms with van der Waals surface area (Å²) in [5.41, 5.74) is 3.15. The van der Waals surface area contributed by atoms with Crippen molar-refractivity contribution in [2.24, 2.45) is 0 Å². The minimum absolute atomic E-state index is 0.0725. The number of nitrogens with one attached hydrogen (secondary N) is 3. The summed E-state index contributed by atoms with van der Waals surface area (Å²) < 4.78 is 39.0. The van der Waals surface area contributed by atoms with Gasteiger partial charge in [-0.05, 0) is 40.7 Å². The Kier molecular flexibility index (Phi) is 6.89. The Bertz CT molecular complexity index is 958. The Labute approximate surface area is 172 Å². The van der Waals surface area contributed by atoms with E-state index in [0.29, 0.717) is 17.7 Å². The fraction of sp³-hybridized carbons (Fsp3) is 0.381. The van der Waals surface area contributed by atoms with Crippen LogP contribution in [-0.4, -0.2) is 20.7 Å². The number of aryl methyl sites for hydroxylation is 1. The average molecular weight is 422 g/mol. The van der Waals surface area contributed by atoms with Crippen molar-refractivity contribution in [2.75, 3.05) is 11.0 Å². The van der Waals surface area contributed by atoms with Gasteiger partial charge in [0.1, 0.15) is 5.82 Å². The molecule has 0 aliphatic rings. The van der Waals surface area contributed by atoms with Crippen molar-refractivity contribution in [1.29, 1.82) is 0 Å². The van der Waals surface area contributed by atoms with Gasteiger partial charge in [-0.3, -0.25) is 4.72 Å². The van der Waals surface area contributed by atoms with Crippen LogP contribution in [0, 0.1) is 12.7 Å². The molecule has 0 saturated heterocycles. The van der Waals surface area contributed by atoms with Crippen LogP contribution in [0.1, 0.15) is 43.0 Å². The molecule has 0 aliphatic carbocycles. The fourth-order valence-corrected chi connectivity index (χ4v) is 3.41. The van der Waals surface area contributed by atoms with Gasteiger partial charge in [-0.25, -0.2) is 17.6 Å². The highest BCUT2D eigenvalue weighted by Crippen LogP contribution is 2.23. The first-order valence-corrected chi connectivity index (χ1v) is 11.1. The number of amides is 2. The predicted molar refractivity (Wildman–Crippen MR) is 114 cm³/mol. The number of carbonyl (C=O) groups excluding carboxylic acids is 1. The molecule has 2 amide bonds. The Hall–Kier alpha value is -2.61. The number of halogens is 1. The zero-order chi connectivity index (χ0) is 21.8. The topological polar surface area (TPSA) is 87.3 Å². The standard InChI is InChI=1S/C21H28FN3O3S/c1-14-10-16(11-18(22)19(14)25-29(5,27)28)13-24-20(26)23-12-15-6-8-17(9-7-15)21(2,3)4/h6-11,25H,12-13H2,1-5H3,(H2,23,24,26). The first kappa shape index (κ1) is 22.7. The molecule has 0 saturated carbocycles. The lowest BCUT2D eigenvalue weighted by Crippen LogP contribution is -2.34. The van der Waals surface area contributed by atoms with Gasteiger partial charge in [-0.15, -0.1) is 0 Å². The number of sulfonamides is 1. The predicted octanol–water partition coefficient (Wildman–Crippen LogP) is 3.80. The normalized spacial score (nSPS) is 11.8. The molecule has 0 aliphatic heterocycles. The van der Waals surface area contributed by atoms with Crippen LogP contribution in [0.2, 0.25) is 0 Å². The highest BCUT2D eigenvalue weighted by atomic mass is 32.2. The zero-order valence-electron chi connectivity index (χ0n) is 17.4. The molecule has 0 atom stereocenters. The molecule has 3 N–H and O–H groups in total. The van der Waals surface area contributed by atoms with Gasteiger partial charge in [0, 0.05) is 13.1 Å². The molecule has 8 heteroatoms. The molecule has 2 aromatic carbocycles. The summed E-state index contributed by atoms with van der Waals surface area (Å²) in [5.74, 6) is -0.688. The molecule has 29 heavy (non-hydrogen) atoms. The van der Waals surface area contributed by atoms with Crippen LogP contribution >= 0.6 is 0 Å². The summed E-state index contributed by atoms with van der Waals surface area (Å²) in [7, 11) is -3.58. The molecule has 0 spiro atoms. The Morgan fingerprint density at radius 2 is 1.55 bits per heavy atom. The Morgan fingerprint density at radius 3 is 2.03 bits per heavy atom. The van der Waals surface area contributed by atoms with Crippen LogP contribution in [0.25, 0.3) is 0 Å². The summed E-state index contributed by atoms with van der Waals surface area (Å²) in [6.45, 7) is 8.51. The Balaban J connectivity index is 1.91. The summed E-state index contributed by atoms with van der Waals surface area (Å²) in [4.78, 5) is 12.0. The van der Waals surface area contributed by atoms with Gasteiger partial charge < -0.3 is 10.6 Å². The molecule has 0 fully saturated rings. The van der Waals surface area contributed by atoms with Crippen molar-refractivity contribution in [3.63, 3.8) is 0 Å². The first-order chi connectivity index (χ1) is 13.3. The van der Waals surface area contributed by atoms with Crippen molar-refractivity contribution in [3.05, 3.63) is 64.5 Å². The monoisotopic (exact) mass is 421 g/mol. The zero-order valence-corrected chi connectivity index (χ0v) is 18.2. The molecule has 0 heterocycles. The minimum Gasteiger partial charge on any atom is -0.334 e. The maximum Gasteiger partial charge on any atom is 0.315 e. The molecule has 2 aromatic rings. The smallest absolute Gasteiger partial charge is 0.315 e. The van der Waals surface area contributed by atoms with E-state index in [1.54, 1.807) is 13.0 Å². The molecule has 0 bridgehead atoms. The molecule has 0 radical (unpaired) electrons. The number of anilines is 1. The van der Waals surface area contributed by atoms with Crippen molar-refractivity contribution >= 4 is 21.7 Å². The molecule has 6 nitrogen and oxygen atoms in total. The van der Waals surface area contributed by atoms with E-state index < -0.39 is 15.8 Å². The third-order valence-electron chi connectivity index (χ3n) is 4.36. The summed E-state index contributed by atoms with van der Waals surface area (Å²) in [6, 6.07) is 10.5. The van der Waals surface area contributed by atoms with Crippen molar-refractivity contribution in [1.82, 2.24) is 10.6 Å². The molecule has 0 aromatic heterocycles. The van der Waals surface area contributed by atoms with Crippen molar-refractivity contribution in [3.8, 4) is 0 Å². The second kappa shape index (κ2) is 8.82. The average Bonchev–Trinajstić information content (AvgIpc) is 2.60. The fourth-order valence-electron chi connectivity index (χ4n) is 2.78. The first-order valence-electron chi connectivity index (χ1n) is 9.23. The van der Waals surface area contributed by atoms with Crippen LogP contribution in [0.4, 0.5) is 14.9 Å². The van der Waals surface area contributed by atoms with Crippen molar-refractivity contribution in [2.45, 2.75) is 46.2 Å². The van der Waals surface area contributed by atoms with E-state index in [9.17, 15) is 17.6 Å². The lowest BCUT2D eigenvalue weighted by molar-refractivity contribution is 0.240. The van der Waals surface area contributed by atoms with Crippen LogP contribution in [-0.2, 0) is 28.5 Å². The minimum atomic E-state index is -3.58. The lowest BCUT2D eigenvalue weighted by atomic mass is 9.87. The van der Waals surface area contributed by atoms with E-state index in [2.05, 4.69) is 36.1 Å². The van der Waals surface area contributed by atoms with Crippen molar-refractivity contribution < 1.29 is 17.6 Å². The van der Waals surface area contributed by atoms with Gasteiger partial charge in [-0.2, -0.15) is 0 Å². The second-order valence-electron chi connectivity index (χ2n) is 8.13. The third kappa shape index (κ3) is 7.05. The van der Waals surface area contributed by atoms with Gasteiger partial charge in [-0.1, -0.05) is 51.1 Å². The largest absolute Gasteiger partial charge is 0.334 e. The lowest BCUT2D eigenvalue weighted by Gasteiger charge is -2.19. The summed E-state index contributed by atoms with van der Waals surface area (Å²) >= 11 is 0. The quantitative estimate of drug-likeness (QED) is 0.663. The maximum absolute atomic E-state index is 14.2. The maximum atomic E-state index is 14.2. The highest BCUT2D eigenvalue weighted by Gasteiger charge is 2.14. The van der Waals surface area contributed by atoms with Gasteiger partial charge in [0.25, 0.3) is 0 Å². The number of benzene rings is 2. The molecular weight excluding hydrogens is 393 g/mol. The van der Waals surface area contributed by atoms with Gasteiger partial charge >= 0.3 is 6.03 Å². The van der Waals surface area contributed by atoms with E-state index >= 15 is 0 Å². The molecular formula is C21H28FN3O3S. The second-order valence-corrected chi connectivity index (χ2v) is 9.88. The summed E-state index contributed by atoms with van der Waals surface area (Å²) in [6.07, 6.45) is 0.961. The van der Waals surface area contributed by atoms with E-state index in [1.165, 1.54) is 11.6 Å². The van der Waals surface area contributed by atoms with E-state index in [1.807, 2.05) is 24.3 Å². The highest BCUT2D eigenvalue weighted by molar-refractivity contribution is 7.92. The number of hydrogen-bond donors (Lipinski definition) is 3. The Morgan fingerprint density at radius 1 is 1.00 bits per heavy atom. The van der Waals surface area contributed by atoms with Crippen LogP contribution in [0.15, 0.2) is 36.4 Å². The number of hydrogen-bond acceptors (Lipinski definition) is 3.